The van der Waals surface area contributed by atoms with E-state index in [0.717, 1.165) is 25.1 Å². The molecule has 3 rings (SSSR count). The molecule has 1 aromatic rings. The van der Waals surface area contributed by atoms with E-state index in [2.05, 4.69) is 12.2 Å². The fourth-order valence-electron chi connectivity index (χ4n) is 3.32. The summed E-state index contributed by atoms with van der Waals surface area (Å²) in [7, 11) is 0. The molecule has 22 heavy (non-hydrogen) atoms. The molecule has 1 N–H and O–H groups in total. The molecule has 3 amide bonds. The first-order valence-electron chi connectivity index (χ1n) is 8.07. The minimum atomic E-state index is -0.102. The molecule has 2 atom stereocenters. The van der Waals surface area contributed by atoms with Crippen molar-refractivity contribution >= 4 is 17.6 Å². The van der Waals surface area contributed by atoms with E-state index < -0.39 is 0 Å². The number of piperidine rings is 1. The molecule has 0 unspecified atom stereocenters. The third kappa shape index (κ3) is 3.08. The van der Waals surface area contributed by atoms with Gasteiger partial charge in [0.15, 0.2) is 0 Å². The Balaban J connectivity index is 1.60. The number of benzene rings is 1. The fraction of sp³-hybridized carbons (Fsp3) is 0.529. The second-order valence-electron chi connectivity index (χ2n) is 6.23. The number of carbonyl (C=O) groups excluding carboxylic acids is 2. The van der Waals surface area contributed by atoms with Gasteiger partial charge in [-0.15, -0.1) is 0 Å². The number of hydrogen-bond acceptors (Lipinski definition) is 2. The standard InChI is InChI=1S/C17H23N3O2/c1-13-7-5-6-10-19(13)17(22)18-14-11-16(21)20(12-14)15-8-3-2-4-9-15/h2-4,8-9,13-14H,5-7,10-12H2,1H3,(H,18,22)/t13-,14+/m1/s1. The lowest BCUT2D eigenvalue weighted by atomic mass is 10.0. The van der Waals surface area contributed by atoms with E-state index in [0.29, 0.717) is 13.0 Å². The van der Waals surface area contributed by atoms with Crippen molar-refractivity contribution < 1.29 is 9.59 Å². The highest BCUT2D eigenvalue weighted by Crippen LogP contribution is 2.22. The first-order valence-corrected chi connectivity index (χ1v) is 8.07. The van der Waals surface area contributed by atoms with Gasteiger partial charge in [-0.25, -0.2) is 4.79 Å². The van der Waals surface area contributed by atoms with Gasteiger partial charge in [-0.2, -0.15) is 0 Å². The van der Waals surface area contributed by atoms with E-state index in [1.165, 1.54) is 6.42 Å². The predicted octanol–water partition coefficient (Wildman–Crippen LogP) is 2.38. The van der Waals surface area contributed by atoms with Gasteiger partial charge in [0.2, 0.25) is 5.91 Å². The van der Waals surface area contributed by atoms with E-state index in [1.807, 2.05) is 35.2 Å². The van der Waals surface area contributed by atoms with Gasteiger partial charge in [0.25, 0.3) is 0 Å². The van der Waals surface area contributed by atoms with Gasteiger partial charge in [-0.3, -0.25) is 4.79 Å². The van der Waals surface area contributed by atoms with Gasteiger partial charge in [0.05, 0.1) is 6.04 Å². The van der Waals surface area contributed by atoms with Crippen LogP contribution in [-0.4, -0.2) is 42.0 Å². The molecule has 2 aliphatic heterocycles. The van der Waals surface area contributed by atoms with E-state index in [4.69, 9.17) is 0 Å². The van der Waals surface area contributed by atoms with Crippen LogP contribution in [0.5, 0.6) is 0 Å². The Morgan fingerprint density at radius 1 is 1.23 bits per heavy atom. The summed E-state index contributed by atoms with van der Waals surface area (Å²) in [6.07, 6.45) is 3.70. The average molecular weight is 301 g/mol. The zero-order valence-electron chi connectivity index (χ0n) is 13.0. The van der Waals surface area contributed by atoms with Gasteiger partial charge in [0, 0.05) is 31.2 Å². The molecular weight excluding hydrogens is 278 g/mol. The summed E-state index contributed by atoms with van der Waals surface area (Å²) in [4.78, 5) is 28.2. The summed E-state index contributed by atoms with van der Waals surface area (Å²) in [6, 6.07) is 9.78. The third-order valence-corrected chi connectivity index (χ3v) is 4.58. The van der Waals surface area contributed by atoms with Crippen molar-refractivity contribution in [2.24, 2.45) is 0 Å². The summed E-state index contributed by atoms with van der Waals surface area (Å²) in [5, 5.41) is 3.03. The largest absolute Gasteiger partial charge is 0.333 e. The topological polar surface area (TPSA) is 52.7 Å². The molecule has 2 saturated heterocycles. The third-order valence-electron chi connectivity index (χ3n) is 4.58. The molecule has 0 spiro atoms. The number of para-hydroxylation sites is 1. The van der Waals surface area contributed by atoms with Crippen molar-refractivity contribution in [2.45, 2.75) is 44.7 Å². The number of anilines is 1. The van der Waals surface area contributed by atoms with E-state index in [9.17, 15) is 9.59 Å². The normalized spacial score (nSPS) is 25.4. The van der Waals surface area contributed by atoms with Crippen LogP contribution in [0.2, 0.25) is 0 Å². The number of amides is 3. The maximum atomic E-state index is 12.4. The highest BCUT2D eigenvalue weighted by atomic mass is 16.2. The monoisotopic (exact) mass is 301 g/mol. The van der Waals surface area contributed by atoms with Crippen molar-refractivity contribution in [3.63, 3.8) is 0 Å². The summed E-state index contributed by atoms with van der Waals surface area (Å²) in [5.74, 6) is 0.0724. The first-order chi connectivity index (χ1) is 10.6. The van der Waals surface area contributed by atoms with Crippen molar-refractivity contribution in [3.8, 4) is 0 Å². The van der Waals surface area contributed by atoms with Gasteiger partial charge in [0.1, 0.15) is 0 Å². The molecular formula is C17H23N3O2. The Morgan fingerprint density at radius 2 is 2.00 bits per heavy atom. The van der Waals surface area contributed by atoms with Crippen molar-refractivity contribution in [2.75, 3.05) is 18.0 Å². The molecule has 2 aliphatic rings. The molecule has 0 aromatic heterocycles. The van der Waals surface area contributed by atoms with E-state index >= 15 is 0 Å². The molecule has 2 fully saturated rings. The molecule has 1 aromatic carbocycles. The van der Waals surface area contributed by atoms with Crippen LogP contribution < -0.4 is 10.2 Å². The Morgan fingerprint density at radius 3 is 2.73 bits per heavy atom. The SMILES string of the molecule is C[C@@H]1CCCCN1C(=O)N[C@H]1CC(=O)N(c2ccccc2)C1. The number of rotatable bonds is 2. The second kappa shape index (κ2) is 6.38. The highest BCUT2D eigenvalue weighted by Gasteiger charge is 2.33. The summed E-state index contributed by atoms with van der Waals surface area (Å²) < 4.78 is 0. The lowest BCUT2D eigenvalue weighted by molar-refractivity contribution is -0.117. The van der Waals surface area contributed by atoms with E-state index in [1.54, 1.807) is 4.90 Å². The number of urea groups is 1. The second-order valence-corrected chi connectivity index (χ2v) is 6.23. The minimum absolute atomic E-state index is 0.0279. The lowest BCUT2D eigenvalue weighted by Crippen LogP contribution is -2.50. The first kappa shape index (κ1) is 14.9. The molecule has 5 heteroatoms. The van der Waals surface area contributed by atoms with E-state index in [-0.39, 0.29) is 24.0 Å². The summed E-state index contributed by atoms with van der Waals surface area (Å²) >= 11 is 0. The van der Waals surface area contributed by atoms with Gasteiger partial charge < -0.3 is 15.1 Å². The fourth-order valence-corrected chi connectivity index (χ4v) is 3.32. The van der Waals surface area contributed by atoms with Crippen LogP contribution in [0.1, 0.15) is 32.6 Å². The van der Waals surface area contributed by atoms with Gasteiger partial charge in [-0.05, 0) is 38.3 Å². The number of carbonyl (C=O) groups is 2. The zero-order chi connectivity index (χ0) is 15.5. The number of nitrogens with zero attached hydrogens (tertiary/aromatic N) is 2. The predicted molar refractivity (Wildman–Crippen MR) is 85.8 cm³/mol. The quantitative estimate of drug-likeness (QED) is 0.912. The molecule has 118 valence electrons. The van der Waals surface area contributed by atoms with Gasteiger partial charge >= 0.3 is 6.03 Å². The van der Waals surface area contributed by atoms with Crippen LogP contribution in [0.15, 0.2) is 30.3 Å². The number of likely N-dealkylation sites (tertiary alicyclic amines) is 1. The van der Waals surface area contributed by atoms with Crippen LogP contribution in [0.25, 0.3) is 0 Å². The number of nitrogens with one attached hydrogen (secondary N) is 1. The van der Waals surface area contributed by atoms with Crippen LogP contribution in [0, 0.1) is 0 Å². The molecule has 0 bridgehead atoms. The van der Waals surface area contributed by atoms with Crippen LogP contribution in [0.3, 0.4) is 0 Å². The number of hydrogen-bond donors (Lipinski definition) is 1. The summed E-state index contributed by atoms with van der Waals surface area (Å²) in [5.41, 5.74) is 0.899. The minimum Gasteiger partial charge on any atom is -0.333 e. The highest BCUT2D eigenvalue weighted by molar-refractivity contribution is 5.96. The average Bonchev–Trinajstić information content (AvgIpc) is 2.89. The van der Waals surface area contributed by atoms with Crippen LogP contribution in [0.4, 0.5) is 10.5 Å². The zero-order valence-corrected chi connectivity index (χ0v) is 13.0. The van der Waals surface area contributed by atoms with Crippen molar-refractivity contribution in [1.29, 1.82) is 0 Å². The van der Waals surface area contributed by atoms with Crippen molar-refractivity contribution in [3.05, 3.63) is 30.3 Å². The lowest BCUT2D eigenvalue weighted by Gasteiger charge is -2.34. The van der Waals surface area contributed by atoms with Crippen LogP contribution in [-0.2, 0) is 4.79 Å². The molecule has 2 heterocycles. The molecule has 0 saturated carbocycles. The Hall–Kier alpha value is -2.04. The molecule has 0 aliphatic carbocycles. The maximum Gasteiger partial charge on any atom is 0.317 e. The Labute approximate surface area is 131 Å². The smallest absolute Gasteiger partial charge is 0.317 e. The molecule has 0 radical (unpaired) electrons. The van der Waals surface area contributed by atoms with Gasteiger partial charge in [-0.1, -0.05) is 18.2 Å². The van der Waals surface area contributed by atoms with Crippen molar-refractivity contribution in [1.82, 2.24) is 10.2 Å². The Kier molecular flexibility index (Phi) is 4.32. The summed E-state index contributed by atoms with van der Waals surface area (Å²) in [6.45, 7) is 3.46. The molecule has 5 nitrogen and oxygen atoms in total. The van der Waals surface area contributed by atoms with Crippen LogP contribution >= 0.6 is 0 Å². The maximum absolute atomic E-state index is 12.4. The Bertz CT molecular complexity index is 546.